The first-order valence-corrected chi connectivity index (χ1v) is 13.7. The molecule has 2 aromatic carbocycles. The Hall–Kier alpha value is -2.82. The molecule has 0 fully saturated rings. The van der Waals surface area contributed by atoms with Gasteiger partial charge in [0.05, 0.1) is 18.9 Å². The highest BCUT2D eigenvalue weighted by Gasteiger charge is 2.29. The summed E-state index contributed by atoms with van der Waals surface area (Å²) in [7, 11) is -3.72. The molecule has 0 aliphatic rings. The number of hydrogen-bond acceptors (Lipinski definition) is 5. The van der Waals surface area contributed by atoms with Crippen molar-refractivity contribution in [3.63, 3.8) is 0 Å². The van der Waals surface area contributed by atoms with Crippen molar-refractivity contribution in [1.29, 1.82) is 0 Å². The van der Waals surface area contributed by atoms with E-state index in [0.717, 1.165) is 16.1 Å². The van der Waals surface area contributed by atoms with Crippen molar-refractivity contribution >= 4 is 21.8 Å². The lowest BCUT2D eigenvalue weighted by Gasteiger charge is -2.31. The highest BCUT2D eigenvalue weighted by molar-refractivity contribution is 7.88. The first-order chi connectivity index (χ1) is 17.0. The minimum atomic E-state index is -3.72. The molecule has 198 valence electrons. The van der Waals surface area contributed by atoms with E-state index >= 15 is 0 Å². The molecular weight excluding hydrogens is 485 g/mol. The largest absolute Gasteiger partial charge is 0.379 e. The summed E-state index contributed by atoms with van der Waals surface area (Å²) in [6.45, 7) is 5.91. The Morgan fingerprint density at radius 1 is 0.972 bits per heavy atom. The van der Waals surface area contributed by atoms with Crippen LogP contribution in [0.5, 0.6) is 0 Å². The van der Waals surface area contributed by atoms with E-state index in [1.807, 2.05) is 19.9 Å². The van der Waals surface area contributed by atoms with Gasteiger partial charge in [0, 0.05) is 26.2 Å². The van der Waals surface area contributed by atoms with E-state index in [1.54, 1.807) is 31.2 Å². The van der Waals surface area contributed by atoms with Crippen molar-refractivity contribution in [3.8, 4) is 0 Å². The number of rotatable bonds is 14. The quantitative estimate of drug-likeness (QED) is 0.386. The second kappa shape index (κ2) is 14.1. The minimum Gasteiger partial charge on any atom is -0.379 e. The van der Waals surface area contributed by atoms with E-state index in [4.69, 9.17) is 4.74 Å². The molecule has 8 nitrogen and oxygen atoms in total. The van der Waals surface area contributed by atoms with Gasteiger partial charge in [-0.15, -0.1) is 0 Å². The van der Waals surface area contributed by atoms with E-state index in [0.29, 0.717) is 25.1 Å². The van der Waals surface area contributed by atoms with Gasteiger partial charge in [-0.2, -0.15) is 4.31 Å². The standard InChI is InChI=1S/C26H36FN3O5S/c1-20(2)35-16-8-15-28-26(32)21(3)30(18-23-11-13-24(27)14-12-23)25(31)19-29(36(4,33)34)17-22-9-6-5-7-10-22/h5-7,9-14,20-21H,8,15-19H2,1-4H3,(H,28,32)/t21-/m1/s1. The molecule has 0 bridgehead atoms. The first kappa shape index (κ1) is 29.4. The van der Waals surface area contributed by atoms with Crippen molar-refractivity contribution in [3.05, 3.63) is 71.5 Å². The molecule has 36 heavy (non-hydrogen) atoms. The smallest absolute Gasteiger partial charge is 0.242 e. The maximum absolute atomic E-state index is 13.4. The molecular formula is C26H36FN3O5S. The number of sulfonamides is 1. The lowest BCUT2D eigenvalue weighted by Crippen LogP contribution is -2.51. The topological polar surface area (TPSA) is 96.0 Å². The fourth-order valence-corrected chi connectivity index (χ4v) is 4.17. The third-order valence-electron chi connectivity index (χ3n) is 5.49. The van der Waals surface area contributed by atoms with Crippen LogP contribution >= 0.6 is 0 Å². The number of halogens is 1. The van der Waals surface area contributed by atoms with E-state index < -0.39 is 34.3 Å². The maximum Gasteiger partial charge on any atom is 0.242 e. The Balaban J connectivity index is 2.18. The summed E-state index contributed by atoms with van der Waals surface area (Å²) < 4.78 is 44.9. The third kappa shape index (κ3) is 10.0. The van der Waals surface area contributed by atoms with Gasteiger partial charge in [-0.3, -0.25) is 9.59 Å². The van der Waals surface area contributed by atoms with Crippen LogP contribution < -0.4 is 5.32 Å². The van der Waals surface area contributed by atoms with Gasteiger partial charge in [-0.25, -0.2) is 12.8 Å². The molecule has 1 N–H and O–H groups in total. The van der Waals surface area contributed by atoms with Crippen LogP contribution in [-0.2, 0) is 37.4 Å². The third-order valence-corrected chi connectivity index (χ3v) is 6.68. The average molecular weight is 522 g/mol. The SMILES string of the molecule is CC(C)OCCCNC(=O)[C@@H](C)N(Cc1ccc(F)cc1)C(=O)CN(Cc1ccccc1)S(C)(=O)=O. The lowest BCUT2D eigenvalue weighted by molar-refractivity contribution is -0.140. The number of hydrogen-bond donors (Lipinski definition) is 1. The molecule has 10 heteroatoms. The van der Waals surface area contributed by atoms with E-state index in [1.165, 1.54) is 29.2 Å². The van der Waals surface area contributed by atoms with Gasteiger partial charge in [-0.05, 0) is 50.5 Å². The number of carbonyl (C=O) groups excluding carboxylic acids is 2. The Kier molecular flexibility index (Phi) is 11.5. The Morgan fingerprint density at radius 2 is 1.58 bits per heavy atom. The molecule has 2 rings (SSSR count). The molecule has 0 aliphatic carbocycles. The van der Waals surface area contributed by atoms with Gasteiger partial charge in [0.1, 0.15) is 11.9 Å². The number of nitrogens with zero attached hydrogens (tertiary/aromatic N) is 2. The molecule has 0 saturated carbocycles. The van der Waals surface area contributed by atoms with Crippen LogP contribution in [0.2, 0.25) is 0 Å². The summed E-state index contributed by atoms with van der Waals surface area (Å²) in [6.07, 6.45) is 1.75. The molecule has 0 radical (unpaired) electrons. The first-order valence-electron chi connectivity index (χ1n) is 11.9. The van der Waals surface area contributed by atoms with Crippen LogP contribution in [0.1, 0.15) is 38.3 Å². The van der Waals surface area contributed by atoms with Crippen LogP contribution in [0.3, 0.4) is 0 Å². The molecule has 0 unspecified atom stereocenters. The van der Waals surface area contributed by atoms with Crippen molar-refractivity contribution in [1.82, 2.24) is 14.5 Å². The number of ether oxygens (including phenoxy) is 1. The van der Waals surface area contributed by atoms with Gasteiger partial charge in [0.2, 0.25) is 21.8 Å². The number of nitrogens with one attached hydrogen (secondary N) is 1. The number of carbonyl (C=O) groups is 2. The predicted octanol–water partition coefficient (Wildman–Crippen LogP) is 2.94. The zero-order chi connectivity index (χ0) is 26.7. The zero-order valence-electron chi connectivity index (χ0n) is 21.3. The van der Waals surface area contributed by atoms with Crippen LogP contribution in [0, 0.1) is 5.82 Å². The van der Waals surface area contributed by atoms with Crippen LogP contribution in [0.15, 0.2) is 54.6 Å². The molecule has 0 spiro atoms. The zero-order valence-corrected chi connectivity index (χ0v) is 22.1. The van der Waals surface area contributed by atoms with Crippen molar-refractivity contribution in [2.75, 3.05) is 26.0 Å². The van der Waals surface area contributed by atoms with Gasteiger partial charge in [-0.1, -0.05) is 42.5 Å². The van der Waals surface area contributed by atoms with Gasteiger partial charge in [0.25, 0.3) is 0 Å². The van der Waals surface area contributed by atoms with Crippen molar-refractivity contribution in [2.24, 2.45) is 0 Å². The molecule has 2 amide bonds. The number of amides is 2. The summed E-state index contributed by atoms with van der Waals surface area (Å²) in [5, 5.41) is 2.81. The van der Waals surface area contributed by atoms with Crippen molar-refractivity contribution in [2.45, 2.75) is 52.4 Å². The minimum absolute atomic E-state index is 0.0201. The maximum atomic E-state index is 13.4. The summed E-state index contributed by atoms with van der Waals surface area (Å²) in [6, 6.07) is 13.7. The molecule has 0 heterocycles. The fraction of sp³-hybridized carbons (Fsp3) is 0.462. The molecule has 2 aromatic rings. The molecule has 0 aromatic heterocycles. The van der Waals surface area contributed by atoms with E-state index in [9.17, 15) is 22.4 Å². The second-order valence-electron chi connectivity index (χ2n) is 8.90. The lowest BCUT2D eigenvalue weighted by atomic mass is 10.1. The summed E-state index contributed by atoms with van der Waals surface area (Å²) in [5.41, 5.74) is 1.35. The highest BCUT2D eigenvalue weighted by atomic mass is 32.2. The molecule has 0 aliphatic heterocycles. The summed E-state index contributed by atoms with van der Waals surface area (Å²) >= 11 is 0. The van der Waals surface area contributed by atoms with Gasteiger partial charge >= 0.3 is 0 Å². The predicted molar refractivity (Wildman–Crippen MR) is 137 cm³/mol. The monoisotopic (exact) mass is 521 g/mol. The highest BCUT2D eigenvalue weighted by Crippen LogP contribution is 2.14. The van der Waals surface area contributed by atoms with E-state index in [-0.39, 0.29) is 25.1 Å². The Bertz CT molecular complexity index is 1080. The van der Waals surface area contributed by atoms with Crippen molar-refractivity contribution < 1.29 is 27.1 Å². The fourth-order valence-electron chi connectivity index (χ4n) is 3.44. The molecule has 1 atom stereocenters. The Morgan fingerprint density at radius 3 is 2.17 bits per heavy atom. The normalized spacial score (nSPS) is 12.5. The van der Waals surface area contributed by atoms with E-state index in [2.05, 4.69) is 5.32 Å². The Labute approximate surface area is 213 Å². The average Bonchev–Trinajstić information content (AvgIpc) is 2.82. The number of benzene rings is 2. The van der Waals surface area contributed by atoms with Gasteiger partial charge in [0.15, 0.2) is 0 Å². The van der Waals surface area contributed by atoms with Gasteiger partial charge < -0.3 is 15.0 Å². The van der Waals surface area contributed by atoms with Crippen LogP contribution in [-0.4, -0.2) is 67.5 Å². The van der Waals surface area contributed by atoms with Crippen LogP contribution in [0.4, 0.5) is 4.39 Å². The summed E-state index contributed by atoms with van der Waals surface area (Å²) in [4.78, 5) is 27.6. The second-order valence-corrected chi connectivity index (χ2v) is 10.9. The summed E-state index contributed by atoms with van der Waals surface area (Å²) in [5.74, 6) is -1.33. The van der Waals surface area contributed by atoms with Crippen LogP contribution in [0.25, 0.3) is 0 Å². The molecule has 0 saturated heterocycles.